The fourth-order valence-electron chi connectivity index (χ4n) is 8.28. The molecule has 4 amide bonds. The number of rotatable bonds is 12. The van der Waals surface area contributed by atoms with Crippen LogP contribution in [0.4, 0.5) is 0 Å². The SMILES string of the molecule is [B]c1ccc(C[C@H]2OC(=O)[C@H](CC(C)C)N(C)C(=O)[C@@H](C)OC(=O)[C@H](CC(C)C)N(C)C(=O)[C@@H](Cc3cccc([B])c3)OC(=O)[C@H](CC(C)C)N(C)C(=O)[C@@H](C)OC(=O)[C@H](CC(C)C)N(C)C2=O)cc1. The van der Waals surface area contributed by atoms with E-state index in [0.29, 0.717) is 22.1 Å². The molecule has 0 saturated carbocycles. The Hall–Kier alpha value is -5.67. The van der Waals surface area contributed by atoms with E-state index in [2.05, 4.69) is 0 Å². The summed E-state index contributed by atoms with van der Waals surface area (Å²) in [5.41, 5.74) is 1.95. The Balaban J connectivity index is 2.27. The molecule has 0 aliphatic carbocycles. The first-order chi connectivity index (χ1) is 32.6. The van der Waals surface area contributed by atoms with Crippen molar-refractivity contribution in [3.8, 4) is 0 Å². The van der Waals surface area contributed by atoms with Gasteiger partial charge in [-0.3, -0.25) is 19.2 Å². The Labute approximate surface area is 417 Å². The number of benzene rings is 2. The average molecular weight is 969 g/mol. The summed E-state index contributed by atoms with van der Waals surface area (Å²) in [4.78, 5) is 120. The molecule has 0 N–H and O–H groups in total. The molecule has 70 heavy (non-hydrogen) atoms. The molecule has 2 aromatic rings. The molecule has 2 aromatic carbocycles. The summed E-state index contributed by atoms with van der Waals surface area (Å²) in [5.74, 6) is -7.48. The number of esters is 4. The molecular weight excluding hydrogens is 894 g/mol. The molecule has 1 aliphatic heterocycles. The van der Waals surface area contributed by atoms with E-state index in [1.54, 1.807) is 48.5 Å². The molecule has 0 aromatic heterocycles. The summed E-state index contributed by atoms with van der Waals surface area (Å²) in [6, 6.07) is 8.14. The summed E-state index contributed by atoms with van der Waals surface area (Å²) in [5, 5.41) is 0. The fourth-order valence-corrected chi connectivity index (χ4v) is 8.28. The lowest BCUT2D eigenvalue weighted by molar-refractivity contribution is -0.176. The molecule has 0 spiro atoms. The molecule has 3 rings (SSSR count). The first-order valence-corrected chi connectivity index (χ1v) is 24.2. The van der Waals surface area contributed by atoms with E-state index < -0.39 is 96.1 Å². The van der Waals surface area contributed by atoms with Gasteiger partial charge in [-0.25, -0.2) is 19.2 Å². The van der Waals surface area contributed by atoms with Crippen molar-refractivity contribution in [2.75, 3.05) is 28.2 Å². The third kappa shape index (κ3) is 16.7. The van der Waals surface area contributed by atoms with Crippen LogP contribution in [0.15, 0.2) is 48.5 Å². The van der Waals surface area contributed by atoms with E-state index >= 15 is 0 Å². The van der Waals surface area contributed by atoms with Crippen molar-refractivity contribution in [2.45, 2.75) is 156 Å². The smallest absolute Gasteiger partial charge is 0.329 e. The van der Waals surface area contributed by atoms with E-state index in [9.17, 15) is 38.4 Å². The van der Waals surface area contributed by atoms with Crippen molar-refractivity contribution >= 4 is 74.1 Å². The molecule has 1 aliphatic rings. The van der Waals surface area contributed by atoms with Gasteiger partial charge >= 0.3 is 23.9 Å². The van der Waals surface area contributed by atoms with Gasteiger partial charge in [0.05, 0.1) is 0 Å². The highest BCUT2D eigenvalue weighted by Gasteiger charge is 2.43. The second-order valence-electron chi connectivity index (χ2n) is 20.3. The van der Waals surface area contributed by atoms with Crippen LogP contribution in [0.2, 0.25) is 0 Å². The van der Waals surface area contributed by atoms with E-state index in [1.807, 2.05) is 55.4 Å². The minimum absolute atomic E-state index is 0.0821. The molecule has 1 fully saturated rings. The maximum atomic E-state index is 14.7. The van der Waals surface area contributed by atoms with Gasteiger partial charge in [0.25, 0.3) is 23.6 Å². The zero-order valence-electron chi connectivity index (χ0n) is 43.6. The van der Waals surface area contributed by atoms with Crippen LogP contribution in [0.1, 0.15) is 106 Å². The Kier molecular flexibility index (Phi) is 22.2. The average Bonchev–Trinajstić information content (AvgIpc) is 3.28. The third-order valence-corrected chi connectivity index (χ3v) is 12.2. The molecule has 1 heterocycles. The van der Waals surface area contributed by atoms with Crippen molar-refractivity contribution in [2.24, 2.45) is 23.7 Å². The first-order valence-electron chi connectivity index (χ1n) is 24.2. The lowest BCUT2D eigenvalue weighted by atomic mass is 9.92. The number of likely N-dealkylation sites (N-methyl/N-ethyl adjacent to an activating group) is 4. The molecular formula is C52H74B2N4O12. The number of cyclic esters (lactones) is 4. The molecule has 8 atom stereocenters. The number of hydrogen-bond acceptors (Lipinski definition) is 12. The largest absolute Gasteiger partial charge is 0.451 e. The fraction of sp³-hybridized carbons (Fsp3) is 0.615. The quantitative estimate of drug-likeness (QED) is 0.172. The van der Waals surface area contributed by atoms with Gasteiger partial charge in [-0.1, -0.05) is 115 Å². The standard InChI is InChI=1S/C52H74B2N4O12/c1-29(2)22-39-49(63)67-34(10)46(60)56(12)42(25-32(7)8)52(66)70-44(28-36-16-15-17-38(54)26-36)48(62)58(14)40(23-30(3)4)50(64)68-33(9)45(59)55(11)41(24-31(5)6)51(65)69-43(47(61)57(39)13)27-35-18-20-37(53)21-19-35/h15-21,26,29-34,39-44H,22-25,27-28H2,1-14H3/t33-,34-,39+,40+,41+,42+,43-,44-/m1/s1. The van der Waals surface area contributed by atoms with Crippen LogP contribution in [0.25, 0.3) is 0 Å². The molecule has 0 unspecified atom stereocenters. The minimum atomic E-state index is -1.54. The zero-order valence-corrected chi connectivity index (χ0v) is 43.6. The summed E-state index contributed by atoms with van der Waals surface area (Å²) < 4.78 is 23.8. The normalized spacial score (nSPS) is 24.8. The molecule has 18 heteroatoms. The van der Waals surface area contributed by atoms with Crippen LogP contribution < -0.4 is 10.9 Å². The Morgan fingerprint density at radius 3 is 1.07 bits per heavy atom. The highest BCUT2D eigenvalue weighted by atomic mass is 16.6. The van der Waals surface area contributed by atoms with Crippen LogP contribution in [0, 0.1) is 23.7 Å². The van der Waals surface area contributed by atoms with Gasteiger partial charge in [-0.05, 0) is 74.3 Å². The molecule has 380 valence electrons. The summed E-state index contributed by atoms with van der Waals surface area (Å²) in [7, 11) is 17.5. The topological polar surface area (TPSA) is 186 Å². The number of carbonyl (C=O) groups excluding carboxylic acids is 8. The number of hydrogen-bond donors (Lipinski definition) is 0. The molecule has 4 radical (unpaired) electrons. The maximum absolute atomic E-state index is 14.7. The van der Waals surface area contributed by atoms with Crippen LogP contribution in [0.3, 0.4) is 0 Å². The lowest BCUT2D eigenvalue weighted by Crippen LogP contribution is -2.55. The van der Waals surface area contributed by atoms with E-state index in [1.165, 1.54) is 42.0 Å². The van der Waals surface area contributed by atoms with Crippen LogP contribution in [-0.2, 0) is 70.1 Å². The van der Waals surface area contributed by atoms with Gasteiger partial charge in [-0.15, -0.1) is 0 Å². The van der Waals surface area contributed by atoms with E-state index in [-0.39, 0.29) is 62.2 Å². The van der Waals surface area contributed by atoms with Gasteiger partial charge in [0.15, 0.2) is 24.4 Å². The summed E-state index contributed by atoms with van der Waals surface area (Å²) in [6.07, 6.45) is -5.99. The maximum Gasteiger partial charge on any atom is 0.329 e. The summed E-state index contributed by atoms with van der Waals surface area (Å²) in [6.45, 7) is 17.4. The zero-order chi connectivity index (χ0) is 52.9. The number of carbonyl (C=O) groups is 8. The third-order valence-electron chi connectivity index (χ3n) is 12.2. The lowest BCUT2D eigenvalue weighted by Gasteiger charge is -2.35. The molecule has 16 nitrogen and oxygen atoms in total. The van der Waals surface area contributed by atoms with E-state index in [4.69, 9.17) is 34.6 Å². The van der Waals surface area contributed by atoms with Gasteiger partial charge in [-0.2, -0.15) is 0 Å². The van der Waals surface area contributed by atoms with Gasteiger partial charge in [0, 0.05) is 41.0 Å². The predicted molar refractivity (Wildman–Crippen MR) is 266 cm³/mol. The van der Waals surface area contributed by atoms with Crippen molar-refractivity contribution < 1.29 is 57.3 Å². The van der Waals surface area contributed by atoms with Crippen molar-refractivity contribution in [3.05, 3.63) is 59.7 Å². The van der Waals surface area contributed by atoms with E-state index in [0.717, 1.165) is 19.6 Å². The Morgan fingerprint density at radius 1 is 0.429 bits per heavy atom. The van der Waals surface area contributed by atoms with Crippen LogP contribution >= 0.6 is 0 Å². The van der Waals surface area contributed by atoms with Crippen LogP contribution in [-0.4, -0.2) is 160 Å². The second-order valence-corrected chi connectivity index (χ2v) is 20.3. The molecule has 1 saturated heterocycles. The number of ether oxygens (including phenoxy) is 4. The first kappa shape index (κ1) is 58.6. The second kappa shape index (κ2) is 26.5. The van der Waals surface area contributed by atoms with Crippen molar-refractivity contribution in [1.29, 1.82) is 0 Å². The summed E-state index contributed by atoms with van der Waals surface area (Å²) >= 11 is 0. The highest BCUT2D eigenvalue weighted by molar-refractivity contribution is 6.32. The predicted octanol–water partition coefficient (Wildman–Crippen LogP) is 3.25. The van der Waals surface area contributed by atoms with Crippen molar-refractivity contribution in [3.63, 3.8) is 0 Å². The van der Waals surface area contributed by atoms with Gasteiger partial charge in [0.1, 0.15) is 39.9 Å². The Bertz CT molecular complexity index is 2130. The van der Waals surface area contributed by atoms with Crippen molar-refractivity contribution in [1.82, 2.24) is 19.6 Å². The number of nitrogens with zero attached hydrogens (tertiary/aromatic N) is 4. The van der Waals surface area contributed by atoms with Crippen LogP contribution in [0.5, 0.6) is 0 Å². The highest BCUT2D eigenvalue weighted by Crippen LogP contribution is 2.24. The molecule has 0 bridgehead atoms. The minimum Gasteiger partial charge on any atom is -0.451 e. The van der Waals surface area contributed by atoms with Gasteiger partial charge < -0.3 is 38.5 Å². The number of amides is 4. The Morgan fingerprint density at radius 2 is 0.743 bits per heavy atom. The monoisotopic (exact) mass is 969 g/mol. The van der Waals surface area contributed by atoms with Gasteiger partial charge in [0.2, 0.25) is 0 Å².